The molecule has 1 unspecified atom stereocenters. The third-order valence-corrected chi connectivity index (χ3v) is 5.03. The average molecular weight is 343 g/mol. The van der Waals surface area contributed by atoms with Crippen LogP contribution in [0, 0.1) is 5.92 Å². The average Bonchev–Trinajstić information content (AvgIpc) is 3.36. The van der Waals surface area contributed by atoms with Crippen molar-refractivity contribution in [3.63, 3.8) is 0 Å². The fraction of sp³-hybridized carbons (Fsp3) is 0.600. The molecule has 5 heteroatoms. The summed E-state index contributed by atoms with van der Waals surface area (Å²) in [5.41, 5.74) is 1.05. The van der Waals surface area contributed by atoms with Gasteiger partial charge in [-0.2, -0.15) is 0 Å². The Hall–Kier alpha value is -2.04. The normalized spacial score (nSPS) is 18.3. The first-order chi connectivity index (χ1) is 12.2. The predicted octanol–water partition coefficient (Wildman–Crippen LogP) is 3.18. The Morgan fingerprint density at radius 1 is 1.32 bits per heavy atom. The standard InChI is InChI=1S/C20H29N3O2/c1-2-12-23(14-16-10-11-16)20(25)21-18(17-7-4-3-5-8-17)15-22-13-6-9-19(22)24/h3-5,7-8,16,18H,2,6,9-15H2,1H3,(H,21,25). The summed E-state index contributed by atoms with van der Waals surface area (Å²) >= 11 is 0. The molecule has 3 rings (SSSR count). The zero-order valence-corrected chi connectivity index (χ0v) is 15.1. The van der Waals surface area contributed by atoms with Crippen LogP contribution in [0.15, 0.2) is 30.3 Å². The second-order valence-corrected chi connectivity index (χ2v) is 7.25. The largest absolute Gasteiger partial charge is 0.340 e. The number of rotatable bonds is 8. The molecule has 1 aromatic carbocycles. The maximum atomic E-state index is 12.8. The topological polar surface area (TPSA) is 52.7 Å². The van der Waals surface area contributed by atoms with E-state index in [0.29, 0.717) is 18.9 Å². The van der Waals surface area contributed by atoms with E-state index in [2.05, 4.69) is 12.2 Å². The molecule has 0 spiro atoms. The summed E-state index contributed by atoms with van der Waals surface area (Å²) in [6, 6.07) is 9.82. The molecule has 2 aliphatic rings. The van der Waals surface area contributed by atoms with Crippen LogP contribution in [-0.2, 0) is 4.79 Å². The number of amides is 3. The molecule has 1 atom stereocenters. The lowest BCUT2D eigenvalue weighted by atomic mass is 10.1. The van der Waals surface area contributed by atoms with Crippen molar-refractivity contribution < 1.29 is 9.59 Å². The van der Waals surface area contributed by atoms with Gasteiger partial charge in [-0.1, -0.05) is 37.3 Å². The summed E-state index contributed by atoms with van der Waals surface area (Å²) < 4.78 is 0. The molecule has 1 N–H and O–H groups in total. The Balaban J connectivity index is 1.69. The lowest BCUT2D eigenvalue weighted by Crippen LogP contribution is -2.46. The van der Waals surface area contributed by atoms with Crippen LogP contribution in [0.5, 0.6) is 0 Å². The molecule has 136 valence electrons. The van der Waals surface area contributed by atoms with Crippen molar-refractivity contribution in [1.82, 2.24) is 15.1 Å². The first-order valence-corrected chi connectivity index (χ1v) is 9.55. The number of hydrogen-bond acceptors (Lipinski definition) is 2. The maximum Gasteiger partial charge on any atom is 0.317 e. The van der Waals surface area contributed by atoms with Gasteiger partial charge in [0.25, 0.3) is 0 Å². The van der Waals surface area contributed by atoms with E-state index in [1.165, 1.54) is 12.8 Å². The molecule has 1 aliphatic heterocycles. The molecule has 0 radical (unpaired) electrons. The minimum absolute atomic E-state index is 0.00533. The second-order valence-electron chi connectivity index (χ2n) is 7.25. The van der Waals surface area contributed by atoms with Gasteiger partial charge in [-0.15, -0.1) is 0 Å². The number of carbonyl (C=O) groups is 2. The van der Waals surface area contributed by atoms with Gasteiger partial charge in [0.2, 0.25) is 5.91 Å². The molecule has 1 aromatic rings. The molecule has 25 heavy (non-hydrogen) atoms. The van der Waals surface area contributed by atoms with Crippen molar-refractivity contribution in [2.45, 2.75) is 45.1 Å². The molecular weight excluding hydrogens is 314 g/mol. The third-order valence-electron chi connectivity index (χ3n) is 5.03. The highest BCUT2D eigenvalue weighted by molar-refractivity contribution is 5.78. The number of urea groups is 1. The van der Waals surface area contributed by atoms with Crippen LogP contribution in [0.3, 0.4) is 0 Å². The van der Waals surface area contributed by atoms with Gasteiger partial charge in [0.15, 0.2) is 0 Å². The van der Waals surface area contributed by atoms with Crippen molar-refractivity contribution in [2.75, 3.05) is 26.2 Å². The number of likely N-dealkylation sites (tertiary alicyclic amines) is 1. The summed E-state index contributed by atoms with van der Waals surface area (Å²) in [6.45, 7) is 5.08. The monoisotopic (exact) mass is 343 g/mol. The van der Waals surface area contributed by atoms with Gasteiger partial charge in [-0.3, -0.25) is 4.79 Å². The van der Waals surface area contributed by atoms with Crippen LogP contribution in [0.2, 0.25) is 0 Å². The Morgan fingerprint density at radius 3 is 2.68 bits per heavy atom. The molecule has 0 aromatic heterocycles. The van der Waals surface area contributed by atoms with Gasteiger partial charge in [-0.25, -0.2) is 4.79 Å². The van der Waals surface area contributed by atoms with Crippen LogP contribution in [0.1, 0.15) is 50.6 Å². The van der Waals surface area contributed by atoms with Gasteiger partial charge >= 0.3 is 6.03 Å². The van der Waals surface area contributed by atoms with Crippen LogP contribution in [0.25, 0.3) is 0 Å². The van der Waals surface area contributed by atoms with Crippen molar-refractivity contribution in [3.05, 3.63) is 35.9 Å². The molecular formula is C20H29N3O2. The first kappa shape index (κ1) is 17.8. The number of nitrogens with one attached hydrogen (secondary N) is 1. The molecule has 1 saturated carbocycles. The van der Waals surface area contributed by atoms with E-state index in [0.717, 1.165) is 38.0 Å². The van der Waals surface area contributed by atoms with Crippen molar-refractivity contribution in [3.8, 4) is 0 Å². The van der Waals surface area contributed by atoms with Crippen LogP contribution < -0.4 is 5.32 Å². The summed E-state index contributed by atoms with van der Waals surface area (Å²) in [5, 5.41) is 3.19. The van der Waals surface area contributed by atoms with Crippen molar-refractivity contribution in [2.24, 2.45) is 5.92 Å². The number of benzene rings is 1. The van der Waals surface area contributed by atoms with E-state index in [4.69, 9.17) is 0 Å². The van der Waals surface area contributed by atoms with Crippen LogP contribution in [0.4, 0.5) is 4.79 Å². The Bertz CT molecular complexity index is 586. The fourth-order valence-corrected chi connectivity index (χ4v) is 3.44. The minimum atomic E-state index is -0.158. The molecule has 1 aliphatic carbocycles. The van der Waals surface area contributed by atoms with Gasteiger partial charge in [0, 0.05) is 32.6 Å². The highest BCUT2D eigenvalue weighted by atomic mass is 16.2. The molecule has 5 nitrogen and oxygen atoms in total. The van der Waals surface area contributed by atoms with Crippen LogP contribution in [-0.4, -0.2) is 47.9 Å². The molecule has 2 fully saturated rings. The number of nitrogens with zero attached hydrogens (tertiary/aromatic N) is 2. The van der Waals surface area contributed by atoms with E-state index in [9.17, 15) is 9.59 Å². The molecule has 1 saturated heterocycles. The third kappa shape index (κ3) is 4.97. The zero-order chi connectivity index (χ0) is 17.6. The second kappa shape index (κ2) is 8.37. The molecule has 0 bridgehead atoms. The predicted molar refractivity (Wildman–Crippen MR) is 98.1 cm³/mol. The number of hydrogen-bond donors (Lipinski definition) is 1. The highest BCUT2D eigenvalue weighted by Crippen LogP contribution is 2.30. The van der Waals surface area contributed by atoms with E-state index in [-0.39, 0.29) is 18.0 Å². The lowest BCUT2D eigenvalue weighted by molar-refractivity contribution is -0.128. The summed E-state index contributed by atoms with van der Waals surface area (Å²) in [4.78, 5) is 28.7. The molecule has 3 amide bonds. The lowest BCUT2D eigenvalue weighted by Gasteiger charge is -2.29. The fourth-order valence-electron chi connectivity index (χ4n) is 3.44. The van der Waals surface area contributed by atoms with E-state index in [1.54, 1.807) is 0 Å². The van der Waals surface area contributed by atoms with Gasteiger partial charge in [-0.05, 0) is 37.2 Å². The van der Waals surface area contributed by atoms with Crippen LogP contribution >= 0.6 is 0 Å². The summed E-state index contributed by atoms with van der Waals surface area (Å²) in [5.74, 6) is 0.867. The van der Waals surface area contributed by atoms with E-state index < -0.39 is 0 Å². The summed E-state index contributed by atoms with van der Waals surface area (Å²) in [6.07, 6.45) is 4.97. The highest BCUT2D eigenvalue weighted by Gasteiger charge is 2.29. The number of carbonyl (C=O) groups excluding carboxylic acids is 2. The van der Waals surface area contributed by atoms with E-state index >= 15 is 0 Å². The minimum Gasteiger partial charge on any atom is -0.340 e. The van der Waals surface area contributed by atoms with Gasteiger partial charge in [0.05, 0.1) is 6.04 Å². The Kier molecular flexibility index (Phi) is 5.95. The van der Waals surface area contributed by atoms with E-state index in [1.807, 2.05) is 40.1 Å². The summed E-state index contributed by atoms with van der Waals surface area (Å²) in [7, 11) is 0. The zero-order valence-electron chi connectivity index (χ0n) is 15.1. The maximum absolute atomic E-state index is 12.8. The van der Waals surface area contributed by atoms with Crippen molar-refractivity contribution >= 4 is 11.9 Å². The van der Waals surface area contributed by atoms with Gasteiger partial charge in [0.1, 0.15) is 0 Å². The Labute approximate surface area is 150 Å². The first-order valence-electron chi connectivity index (χ1n) is 9.55. The van der Waals surface area contributed by atoms with Crippen molar-refractivity contribution in [1.29, 1.82) is 0 Å². The molecule has 1 heterocycles. The SMILES string of the molecule is CCCN(CC1CC1)C(=O)NC(CN1CCCC1=O)c1ccccc1. The quantitative estimate of drug-likeness (QED) is 0.788. The smallest absolute Gasteiger partial charge is 0.317 e. The van der Waals surface area contributed by atoms with Gasteiger partial charge < -0.3 is 15.1 Å². The Morgan fingerprint density at radius 2 is 2.08 bits per heavy atom.